The standard InChI is InChI=1S/C11H21N3O2S/c1-10(17(3)15)4-5-12-11-13-6-7-14(11)8-9-16-2/h6-7,10H,4-5,8-9H2,1-3H3,(H,12,13). The highest BCUT2D eigenvalue weighted by molar-refractivity contribution is 7.84. The van der Waals surface area contributed by atoms with Crippen LogP contribution in [0.15, 0.2) is 12.4 Å². The Labute approximate surface area is 105 Å². The maximum absolute atomic E-state index is 11.2. The Morgan fingerprint density at radius 1 is 1.65 bits per heavy atom. The Bertz CT molecular complexity index is 354. The molecule has 1 N–H and O–H groups in total. The summed E-state index contributed by atoms with van der Waals surface area (Å²) in [6.45, 7) is 4.23. The molecule has 0 aromatic carbocycles. The fourth-order valence-corrected chi connectivity index (χ4v) is 1.85. The SMILES string of the molecule is COCCn1ccnc1NCCC(C)S(C)=O. The van der Waals surface area contributed by atoms with Crippen molar-refractivity contribution in [2.24, 2.45) is 0 Å². The van der Waals surface area contributed by atoms with E-state index >= 15 is 0 Å². The van der Waals surface area contributed by atoms with E-state index in [-0.39, 0.29) is 5.25 Å². The van der Waals surface area contributed by atoms with Crippen LogP contribution in [0.2, 0.25) is 0 Å². The summed E-state index contributed by atoms with van der Waals surface area (Å²) in [5.41, 5.74) is 0. The second kappa shape index (κ2) is 7.45. The average Bonchev–Trinajstić information content (AvgIpc) is 2.73. The molecule has 0 saturated carbocycles. The molecule has 0 saturated heterocycles. The van der Waals surface area contributed by atoms with E-state index in [4.69, 9.17) is 4.74 Å². The lowest BCUT2D eigenvalue weighted by atomic mass is 10.3. The third-order valence-corrected chi connectivity index (χ3v) is 4.02. The lowest BCUT2D eigenvalue weighted by Crippen LogP contribution is -2.17. The molecule has 2 atom stereocenters. The average molecular weight is 259 g/mol. The molecule has 0 aliphatic rings. The van der Waals surface area contributed by atoms with Gasteiger partial charge in [0, 0.05) is 54.9 Å². The van der Waals surface area contributed by atoms with Gasteiger partial charge in [0.2, 0.25) is 5.95 Å². The number of rotatable bonds is 8. The maximum Gasteiger partial charge on any atom is 0.202 e. The number of methoxy groups -OCH3 is 1. The quantitative estimate of drug-likeness (QED) is 0.759. The molecule has 0 aliphatic carbocycles. The summed E-state index contributed by atoms with van der Waals surface area (Å²) in [4.78, 5) is 4.23. The zero-order valence-electron chi connectivity index (χ0n) is 10.7. The van der Waals surface area contributed by atoms with Gasteiger partial charge in [-0.15, -0.1) is 0 Å². The van der Waals surface area contributed by atoms with Crippen molar-refractivity contribution in [1.82, 2.24) is 9.55 Å². The number of aromatic nitrogens is 2. The molecule has 1 rings (SSSR count). The lowest BCUT2D eigenvalue weighted by molar-refractivity contribution is 0.187. The van der Waals surface area contributed by atoms with Gasteiger partial charge < -0.3 is 14.6 Å². The molecule has 0 bridgehead atoms. The van der Waals surface area contributed by atoms with Gasteiger partial charge in [-0.3, -0.25) is 4.21 Å². The Morgan fingerprint density at radius 3 is 3.06 bits per heavy atom. The predicted molar refractivity (Wildman–Crippen MR) is 70.7 cm³/mol. The minimum atomic E-state index is -0.756. The van der Waals surface area contributed by atoms with Gasteiger partial charge in [0.15, 0.2) is 0 Å². The number of imidazole rings is 1. The van der Waals surface area contributed by atoms with Crippen molar-refractivity contribution in [3.63, 3.8) is 0 Å². The number of hydrogen-bond donors (Lipinski definition) is 1. The monoisotopic (exact) mass is 259 g/mol. The van der Waals surface area contributed by atoms with Crippen molar-refractivity contribution in [2.75, 3.05) is 31.8 Å². The highest BCUT2D eigenvalue weighted by atomic mass is 32.2. The van der Waals surface area contributed by atoms with Crippen molar-refractivity contribution < 1.29 is 8.95 Å². The molecular weight excluding hydrogens is 238 g/mol. The van der Waals surface area contributed by atoms with Crippen LogP contribution >= 0.6 is 0 Å². The summed E-state index contributed by atoms with van der Waals surface area (Å²) in [6, 6.07) is 0. The van der Waals surface area contributed by atoms with Crippen LogP contribution in [0.25, 0.3) is 0 Å². The van der Waals surface area contributed by atoms with Crippen molar-refractivity contribution in [3.8, 4) is 0 Å². The summed E-state index contributed by atoms with van der Waals surface area (Å²) in [5, 5.41) is 3.46. The molecule has 1 aromatic rings. The van der Waals surface area contributed by atoms with E-state index < -0.39 is 10.8 Å². The minimum absolute atomic E-state index is 0.213. The summed E-state index contributed by atoms with van der Waals surface area (Å²) in [5.74, 6) is 0.844. The Hall–Kier alpha value is -0.880. The zero-order chi connectivity index (χ0) is 12.7. The van der Waals surface area contributed by atoms with E-state index in [1.165, 1.54) is 0 Å². The summed E-state index contributed by atoms with van der Waals surface area (Å²) in [6.07, 6.45) is 6.30. The van der Waals surface area contributed by atoms with Crippen LogP contribution in [-0.2, 0) is 22.1 Å². The summed E-state index contributed by atoms with van der Waals surface area (Å²) in [7, 11) is 0.927. The van der Waals surface area contributed by atoms with E-state index in [0.29, 0.717) is 6.61 Å². The molecule has 5 nitrogen and oxygen atoms in total. The third-order valence-electron chi connectivity index (χ3n) is 2.65. The topological polar surface area (TPSA) is 56.1 Å². The summed E-state index contributed by atoms with van der Waals surface area (Å²) >= 11 is 0. The predicted octanol–water partition coefficient (Wildman–Crippen LogP) is 1.10. The molecule has 6 heteroatoms. The van der Waals surface area contributed by atoms with Crippen LogP contribution in [0.1, 0.15) is 13.3 Å². The first-order valence-electron chi connectivity index (χ1n) is 5.71. The van der Waals surface area contributed by atoms with Crippen LogP contribution < -0.4 is 5.32 Å². The number of hydrogen-bond acceptors (Lipinski definition) is 4. The van der Waals surface area contributed by atoms with E-state index in [0.717, 1.165) is 25.5 Å². The van der Waals surface area contributed by atoms with Crippen LogP contribution in [-0.4, -0.2) is 45.5 Å². The largest absolute Gasteiger partial charge is 0.383 e. The number of nitrogens with zero attached hydrogens (tertiary/aromatic N) is 2. The first kappa shape index (κ1) is 14.2. The second-order valence-corrected chi connectivity index (χ2v) is 5.76. The van der Waals surface area contributed by atoms with Crippen molar-refractivity contribution in [2.45, 2.75) is 25.1 Å². The van der Waals surface area contributed by atoms with Gasteiger partial charge >= 0.3 is 0 Å². The molecule has 0 fully saturated rings. The molecule has 0 aliphatic heterocycles. The molecular formula is C11H21N3O2S. The molecule has 17 heavy (non-hydrogen) atoms. The van der Waals surface area contributed by atoms with Crippen LogP contribution in [0.3, 0.4) is 0 Å². The van der Waals surface area contributed by atoms with Crippen LogP contribution in [0.4, 0.5) is 5.95 Å². The van der Waals surface area contributed by atoms with Gasteiger partial charge in [0.25, 0.3) is 0 Å². The van der Waals surface area contributed by atoms with Crippen molar-refractivity contribution in [3.05, 3.63) is 12.4 Å². The molecule has 1 aromatic heterocycles. The zero-order valence-corrected chi connectivity index (χ0v) is 11.5. The molecule has 2 unspecified atom stereocenters. The van der Waals surface area contributed by atoms with Gasteiger partial charge in [0.05, 0.1) is 6.61 Å². The van der Waals surface area contributed by atoms with Crippen molar-refractivity contribution in [1.29, 1.82) is 0 Å². The minimum Gasteiger partial charge on any atom is -0.383 e. The Kier molecular flexibility index (Phi) is 6.21. The Morgan fingerprint density at radius 2 is 2.41 bits per heavy atom. The normalized spacial score (nSPS) is 14.5. The van der Waals surface area contributed by atoms with Gasteiger partial charge in [-0.05, 0) is 6.42 Å². The first-order chi connectivity index (χ1) is 8.15. The Balaban J connectivity index is 2.36. The number of ether oxygens (including phenoxy) is 1. The van der Waals surface area contributed by atoms with E-state index in [2.05, 4.69) is 10.3 Å². The fourth-order valence-electron chi connectivity index (χ4n) is 1.40. The highest BCUT2D eigenvalue weighted by Crippen LogP contribution is 2.05. The van der Waals surface area contributed by atoms with E-state index in [9.17, 15) is 4.21 Å². The fraction of sp³-hybridized carbons (Fsp3) is 0.727. The van der Waals surface area contributed by atoms with E-state index in [1.54, 1.807) is 19.6 Å². The highest BCUT2D eigenvalue weighted by Gasteiger charge is 2.06. The first-order valence-corrected chi connectivity index (χ1v) is 7.33. The van der Waals surface area contributed by atoms with Crippen molar-refractivity contribution >= 4 is 16.7 Å². The van der Waals surface area contributed by atoms with E-state index in [1.807, 2.05) is 17.7 Å². The van der Waals surface area contributed by atoms with Gasteiger partial charge in [-0.25, -0.2) is 4.98 Å². The molecule has 1 heterocycles. The van der Waals surface area contributed by atoms with Crippen LogP contribution in [0, 0.1) is 0 Å². The maximum atomic E-state index is 11.2. The third kappa shape index (κ3) is 4.87. The van der Waals surface area contributed by atoms with Gasteiger partial charge in [-0.1, -0.05) is 6.92 Å². The summed E-state index contributed by atoms with van der Waals surface area (Å²) < 4.78 is 18.2. The molecule has 98 valence electrons. The number of nitrogens with one attached hydrogen (secondary N) is 1. The second-order valence-electron chi connectivity index (χ2n) is 3.96. The molecule has 0 spiro atoms. The van der Waals surface area contributed by atoms with Gasteiger partial charge in [0.1, 0.15) is 0 Å². The lowest BCUT2D eigenvalue weighted by Gasteiger charge is -2.11. The number of anilines is 1. The van der Waals surface area contributed by atoms with Crippen LogP contribution in [0.5, 0.6) is 0 Å². The molecule has 0 amide bonds. The smallest absolute Gasteiger partial charge is 0.202 e. The van der Waals surface area contributed by atoms with Gasteiger partial charge in [-0.2, -0.15) is 0 Å². The molecule has 0 radical (unpaired) electrons.